The number of hydrogen-bond acceptors (Lipinski definition) is 5. The summed E-state index contributed by atoms with van der Waals surface area (Å²) in [5.74, 6) is -0.187. The molecular weight excluding hydrogens is 453 g/mol. The molecule has 1 atom stereocenters. The van der Waals surface area contributed by atoms with E-state index in [1.807, 2.05) is 40.1 Å². The minimum atomic E-state index is -3.03. The summed E-state index contributed by atoms with van der Waals surface area (Å²) in [6.45, 7) is 3.85. The molecule has 0 spiro atoms. The first-order valence-electron chi connectivity index (χ1n) is 10.8. The van der Waals surface area contributed by atoms with Crippen LogP contribution in [-0.2, 0) is 21.2 Å². The minimum absolute atomic E-state index is 0.00922. The monoisotopic (exact) mass is 479 g/mol. The molecule has 1 unspecified atom stereocenters. The number of piperazine rings is 1. The van der Waals surface area contributed by atoms with Crippen LogP contribution in [0.15, 0.2) is 48.5 Å². The molecule has 9 heteroatoms. The zero-order chi connectivity index (χ0) is 22.7. The summed E-state index contributed by atoms with van der Waals surface area (Å²) < 4.78 is 37.1. The third kappa shape index (κ3) is 5.49. The first-order valence-corrected chi connectivity index (χ1v) is 13.0. The molecule has 2 fully saturated rings. The molecule has 2 saturated heterocycles. The lowest BCUT2D eigenvalue weighted by Gasteiger charge is -2.40. The highest BCUT2D eigenvalue weighted by Crippen LogP contribution is 2.26. The van der Waals surface area contributed by atoms with Crippen LogP contribution in [0.2, 0.25) is 5.02 Å². The minimum Gasteiger partial charge on any atom is -0.338 e. The fourth-order valence-corrected chi connectivity index (χ4v) is 5.78. The van der Waals surface area contributed by atoms with Crippen molar-refractivity contribution in [3.8, 4) is 0 Å². The van der Waals surface area contributed by atoms with Crippen LogP contribution < -0.4 is 0 Å². The number of hydrogen-bond donors (Lipinski definition) is 0. The molecular formula is C23H27ClFN3O3S. The average Bonchev–Trinajstić information content (AvgIpc) is 2.78. The Morgan fingerprint density at radius 2 is 1.62 bits per heavy atom. The third-order valence-corrected chi connectivity index (χ3v) is 8.15. The highest BCUT2D eigenvalue weighted by molar-refractivity contribution is 7.91. The van der Waals surface area contributed by atoms with Crippen LogP contribution >= 0.6 is 11.6 Å². The molecule has 2 aromatic carbocycles. The molecule has 0 bridgehead atoms. The molecule has 6 nitrogen and oxygen atoms in total. The number of nitrogens with zero attached hydrogens (tertiary/aromatic N) is 3. The van der Waals surface area contributed by atoms with Gasteiger partial charge in [-0.1, -0.05) is 48.0 Å². The average molecular weight is 480 g/mol. The second-order valence-electron chi connectivity index (χ2n) is 8.34. The summed E-state index contributed by atoms with van der Waals surface area (Å²) in [7, 11) is -3.03. The van der Waals surface area contributed by atoms with E-state index in [4.69, 9.17) is 11.6 Å². The molecule has 2 aliphatic heterocycles. The van der Waals surface area contributed by atoms with Crippen LogP contribution in [0.25, 0.3) is 0 Å². The Balaban J connectivity index is 1.43. The van der Waals surface area contributed by atoms with Gasteiger partial charge in [-0.3, -0.25) is 14.6 Å². The Kier molecular flexibility index (Phi) is 7.14. The number of halogens is 2. The van der Waals surface area contributed by atoms with E-state index in [1.165, 1.54) is 12.1 Å². The summed E-state index contributed by atoms with van der Waals surface area (Å²) in [5.41, 5.74) is 1.75. The maximum atomic E-state index is 13.6. The maximum absolute atomic E-state index is 13.6. The van der Waals surface area contributed by atoms with Crippen molar-refractivity contribution < 1.29 is 17.6 Å². The Labute approximate surface area is 193 Å². The predicted molar refractivity (Wildman–Crippen MR) is 123 cm³/mol. The molecule has 0 radical (unpaired) electrons. The van der Waals surface area contributed by atoms with E-state index >= 15 is 0 Å². The van der Waals surface area contributed by atoms with Crippen molar-refractivity contribution in [1.82, 2.24) is 14.7 Å². The molecule has 172 valence electrons. The summed E-state index contributed by atoms with van der Waals surface area (Å²) >= 11 is 6.16. The standard InChI is InChI=1S/C23H27ClFN3O3S/c24-21-16-20(25)7-6-19(21)17-26-8-10-28(11-9-26)23(29)22(18-4-2-1-3-5-18)27-12-14-32(30,31)15-13-27/h1-7,16,22H,8-15,17H2. The van der Waals surface area contributed by atoms with Crippen LogP contribution in [-0.4, -0.2) is 79.8 Å². The van der Waals surface area contributed by atoms with E-state index in [0.29, 0.717) is 50.8 Å². The lowest BCUT2D eigenvalue weighted by molar-refractivity contribution is -0.139. The van der Waals surface area contributed by atoms with E-state index < -0.39 is 15.9 Å². The van der Waals surface area contributed by atoms with Crippen LogP contribution in [0.5, 0.6) is 0 Å². The van der Waals surface area contributed by atoms with E-state index in [1.54, 1.807) is 6.07 Å². The molecule has 0 N–H and O–H groups in total. The first-order chi connectivity index (χ1) is 15.3. The van der Waals surface area contributed by atoms with Gasteiger partial charge >= 0.3 is 0 Å². The number of carbonyl (C=O) groups is 1. The largest absolute Gasteiger partial charge is 0.338 e. The number of amides is 1. The smallest absolute Gasteiger partial charge is 0.244 e. The van der Waals surface area contributed by atoms with E-state index in [9.17, 15) is 17.6 Å². The van der Waals surface area contributed by atoms with E-state index in [-0.39, 0.29) is 23.2 Å². The van der Waals surface area contributed by atoms with Crippen LogP contribution in [0.4, 0.5) is 4.39 Å². The topological polar surface area (TPSA) is 60.9 Å². The lowest BCUT2D eigenvalue weighted by atomic mass is 10.0. The fourth-order valence-electron chi connectivity index (χ4n) is 4.32. The molecule has 0 saturated carbocycles. The Bertz CT molecular complexity index is 1050. The summed E-state index contributed by atoms with van der Waals surface area (Å²) in [4.78, 5) is 19.6. The number of sulfone groups is 1. The van der Waals surface area contributed by atoms with Crippen molar-refractivity contribution in [3.05, 3.63) is 70.5 Å². The zero-order valence-electron chi connectivity index (χ0n) is 17.8. The van der Waals surface area contributed by atoms with E-state index in [2.05, 4.69) is 4.90 Å². The van der Waals surface area contributed by atoms with Crippen molar-refractivity contribution >= 4 is 27.3 Å². The van der Waals surface area contributed by atoms with Gasteiger partial charge in [0.05, 0.1) is 11.5 Å². The Morgan fingerprint density at radius 3 is 2.25 bits per heavy atom. The third-order valence-electron chi connectivity index (χ3n) is 6.19. The van der Waals surface area contributed by atoms with Crippen molar-refractivity contribution in [2.75, 3.05) is 50.8 Å². The molecule has 4 rings (SSSR count). The van der Waals surface area contributed by atoms with Gasteiger partial charge in [0.2, 0.25) is 5.91 Å². The summed E-state index contributed by atoms with van der Waals surface area (Å²) in [6, 6.07) is 13.5. The van der Waals surface area contributed by atoms with Crippen molar-refractivity contribution in [2.24, 2.45) is 0 Å². The van der Waals surface area contributed by atoms with Crippen LogP contribution in [0.3, 0.4) is 0 Å². The van der Waals surface area contributed by atoms with Gasteiger partial charge in [-0.2, -0.15) is 0 Å². The number of carbonyl (C=O) groups excluding carboxylic acids is 1. The van der Waals surface area contributed by atoms with Gasteiger partial charge in [0.1, 0.15) is 11.9 Å². The van der Waals surface area contributed by atoms with Crippen molar-refractivity contribution in [1.29, 1.82) is 0 Å². The van der Waals surface area contributed by atoms with Crippen molar-refractivity contribution in [3.63, 3.8) is 0 Å². The molecule has 0 aromatic heterocycles. The van der Waals surface area contributed by atoms with Gasteiger partial charge in [0, 0.05) is 50.8 Å². The van der Waals surface area contributed by atoms with Gasteiger partial charge in [-0.05, 0) is 23.3 Å². The maximum Gasteiger partial charge on any atom is 0.244 e. The van der Waals surface area contributed by atoms with Crippen LogP contribution in [0.1, 0.15) is 17.2 Å². The Hall–Kier alpha value is -2.00. The van der Waals surface area contributed by atoms with Gasteiger partial charge in [-0.25, -0.2) is 12.8 Å². The summed E-state index contributed by atoms with van der Waals surface area (Å²) in [6.07, 6.45) is 0. The highest BCUT2D eigenvalue weighted by atomic mass is 35.5. The summed E-state index contributed by atoms with van der Waals surface area (Å²) in [5, 5.41) is 0.410. The quantitative estimate of drug-likeness (QED) is 0.659. The number of rotatable bonds is 5. The molecule has 32 heavy (non-hydrogen) atoms. The van der Waals surface area contributed by atoms with Crippen LogP contribution in [0, 0.1) is 5.82 Å². The van der Waals surface area contributed by atoms with Gasteiger partial charge in [-0.15, -0.1) is 0 Å². The SMILES string of the molecule is O=C(C(c1ccccc1)N1CCS(=O)(=O)CC1)N1CCN(Cc2ccc(F)cc2Cl)CC1. The predicted octanol–water partition coefficient (Wildman–Crippen LogP) is 2.59. The fraction of sp³-hybridized carbons (Fsp3) is 0.435. The zero-order valence-corrected chi connectivity index (χ0v) is 19.4. The molecule has 2 heterocycles. The first kappa shape index (κ1) is 23.2. The van der Waals surface area contributed by atoms with Gasteiger partial charge in [0.15, 0.2) is 9.84 Å². The number of benzene rings is 2. The van der Waals surface area contributed by atoms with Gasteiger partial charge < -0.3 is 4.90 Å². The molecule has 1 amide bonds. The molecule has 0 aliphatic carbocycles. The second kappa shape index (κ2) is 9.87. The lowest BCUT2D eigenvalue weighted by Crippen LogP contribution is -2.53. The molecule has 2 aromatic rings. The Morgan fingerprint density at radius 1 is 0.969 bits per heavy atom. The normalized spacial score (nSPS) is 20.8. The molecule has 2 aliphatic rings. The van der Waals surface area contributed by atoms with Gasteiger partial charge in [0.25, 0.3) is 0 Å². The second-order valence-corrected chi connectivity index (χ2v) is 11.0. The van der Waals surface area contributed by atoms with E-state index in [0.717, 1.165) is 11.1 Å². The van der Waals surface area contributed by atoms with Crippen molar-refractivity contribution in [2.45, 2.75) is 12.6 Å². The highest BCUT2D eigenvalue weighted by Gasteiger charge is 2.35.